The number of ether oxygens (including phenoxy) is 3. The van der Waals surface area contributed by atoms with E-state index in [0.29, 0.717) is 50.7 Å². The van der Waals surface area contributed by atoms with E-state index in [0.717, 1.165) is 11.8 Å². The lowest BCUT2D eigenvalue weighted by molar-refractivity contribution is -0.114. The molecule has 1 aliphatic rings. The van der Waals surface area contributed by atoms with Crippen LogP contribution in [0.1, 0.15) is 18.6 Å². The first kappa shape index (κ1) is 28.2. The van der Waals surface area contributed by atoms with Crippen LogP contribution in [0.5, 0.6) is 17.2 Å². The molecule has 0 fully saturated rings. The number of nitrogens with zero attached hydrogens (tertiary/aromatic N) is 1. The first-order chi connectivity index (χ1) is 19.4. The minimum absolute atomic E-state index is 0.0280. The van der Waals surface area contributed by atoms with Crippen molar-refractivity contribution in [3.05, 3.63) is 88.5 Å². The van der Waals surface area contributed by atoms with Gasteiger partial charge in [0.25, 0.3) is 5.91 Å². The van der Waals surface area contributed by atoms with Gasteiger partial charge in [-0.1, -0.05) is 11.8 Å². The molecule has 3 aromatic rings. The number of amides is 2. The molecule has 0 saturated carbocycles. The summed E-state index contributed by atoms with van der Waals surface area (Å²) in [6.07, 6.45) is 1.48. The van der Waals surface area contributed by atoms with Gasteiger partial charge in [0, 0.05) is 17.5 Å². The number of thioether (sulfide) groups is 1. The fourth-order valence-corrected chi connectivity index (χ4v) is 5.07. The second kappa shape index (κ2) is 12.8. The summed E-state index contributed by atoms with van der Waals surface area (Å²) >= 11 is 1.16. The van der Waals surface area contributed by atoms with Crippen LogP contribution < -0.4 is 30.2 Å². The minimum atomic E-state index is -0.801. The summed E-state index contributed by atoms with van der Waals surface area (Å²) < 4.78 is 21.5. The lowest BCUT2D eigenvalue weighted by atomic mass is 9.85. The number of furan rings is 1. The smallest absolute Gasteiger partial charge is 0.254 e. The number of carbonyl (C=O) groups excluding carboxylic acids is 2. The molecule has 0 aliphatic carbocycles. The molecule has 0 radical (unpaired) electrons. The van der Waals surface area contributed by atoms with Crippen LogP contribution in [0.2, 0.25) is 0 Å². The summed E-state index contributed by atoms with van der Waals surface area (Å²) in [4.78, 5) is 26.3. The number of anilines is 2. The SMILES string of the molecule is COc1ccc(NC(=O)CSC2=C(C#N)C(c3ccco3)C(C(=O)Nc3cc(OC)ccc3OC)=C(C)N2)cc1. The summed E-state index contributed by atoms with van der Waals surface area (Å²) in [5, 5.41) is 19.5. The molecule has 0 spiro atoms. The van der Waals surface area contributed by atoms with Crippen LogP contribution in [0.15, 0.2) is 87.1 Å². The normalized spacial score (nSPS) is 14.6. The van der Waals surface area contributed by atoms with Crippen molar-refractivity contribution in [2.24, 2.45) is 0 Å². The van der Waals surface area contributed by atoms with E-state index in [9.17, 15) is 14.9 Å². The maximum Gasteiger partial charge on any atom is 0.254 e. The molecule has 40 heavy (non-hydrogen) atoms. The van der Waals surface area contributed by atoms with Crippen molar-refractivity contribution < 1.29 is 28.2 Å². The maximum absolute atomic E-state index is 13.7. The molecule has 4 rings (SSSR count). The first-order valence-corrected chi connectivity index (χ1v) is 13.1. The number of nitriles is 1. The number of rotatable bonds is 10. The number of benzene rings is 2. The Hall–Kier alpha value is -4.82. The maximum atomic E-state index is 13.7. The molecule has 3 N–H and O–H groups in total. The van der Waals surface area contributed by atoms with Crippen LogP contribution in [-0.2, 0) is 9.59 Å². The average molecular weight is 561 g/mol. The lowest BCUT2D eigenvalue weighted by Crippen LogP contribution is -2.31. The third-order valence-corrected chi connectivity index (χ3v) is 7.11. The standard InChI is InChI=1S/C29H28N4O6S/c1-17-26(28(35)33-22-14-20(37-3)11-12-23(22)38-4)27(24-6-5-13-39-24)21(15-30)29(31-17)40-16-25(34)32-18-7-9-19(36-2)10-8-18/h5-14,27,31H,16H2,1-4H3,(H,32,34)(H,33,35). The van der Waals surface area contributed by atoms with Crippen molar-refractivity contribution in [3.63, 3.8) is 0 Å². The first-order valence-electron chi connectivity index (χ1n) is 12.1. The largest absolute Gasteiger partial charge is 0.497 e. The highest BCUT2D eigenvalue weighted by Crippen LogP contribution is 2.41. The Morgan fingerprint density at radius 3 is 2.38 bits per heavy atom. The molecule has 1 aromatic heterocycles. The lowest BCUT2D eigenvalue weighted by Gasteiger charge is -2.28. The predicted molar refractivity (Wildman–Crippen MR) is 152 cm³/mol. The van der Waals surface area contributed by atoms with Crippen LogP contribution >= 0.6 is 11.8 Å². The molecule has 0 saturated heterocycles. The van der Waals surface area contributed by atoms with Gasteiger partial charge in [-0.15, -0.1) is 0 Å². The molecule has 1 unspecified atom stereocenters. The van der Waals surface area contributed by atoms with Gasteiger partial charge in [-0.25, -0.2) is 0 Å². The summed E-state index contributed by atoms with van der Waals surface area (Å²) in [5.74, 6) is 0.597. The molecular formula is C29H28N4O6S. The Labute approximate surface area is 236 Å². The van der Waals surface area contributed by atoms with Gasteiger partial charge >= 0.3 is 0 Å². The highest BCUT2D eigenvalue weighted by molar-refractivity contribution is 8.03. The average Bonchev–Trinajstić information content (AvgIpc) is 3.50. The number of methoxy groups -OCH3 is 3. The molecule has 2 heterocycles. The number of hydrogen-bond acceptors (Lipinski definition) is 9. The molecular weight excluding hydrogens is 532 g/mol. The minimum Gasteiger partial charge on any atom is -0.497 e. The fourth-order valence-electron chi connectivity index (χ4n) is 4.18. The quantitative estimate of drug-likeness (QED) is 0.313. The number of dihydropyridines is 1. The van der Waals surface area contributed by atoms with Crippen molar-refractivity contribution in [2.75, 3.05) is 37.7 Å². The van der Waals surface area contributed by atoms with Crippen LogP contribution in [0.25, 0.3) is 0 Å². The van der Waals surface area contributed by atoms with Crippen molar-refractivity contribution in [1.29, 1.82) is 5.26 Å². The van der Waals surface area contributed by atoms with E-state index in [4.69, 9.17) is 18.6 Å². The van der Waals surface area contributed by atoms with E-state index in [1.807, 2.05) is 0 Å². The summed E-state index contributed by atoms with van der Waals surface area (Å²) in [6, 6.07) is 17.6. The van der Waals surface area contributed by atoms with Gasteiger partial charge < -0.3 is 34.6 Å². The van der Waals surface area contributed by atoms with Gasteiger partial charge in [0.1, 0.15) is 23.0 Å². The second-order valence-electron chi connectivity index (χ2n) is 8.55. The Kier molecular flexibility index (Phi) is 9.04. The van der Waals surface area contributed by atoms with Gasteiger partial charge in [0.15, 0.2) is 0 Å². The molecule has 2 aromatic carbocycles. The van der Waals surface area contributed by atoms with Crippen LogP contribution in [0.3, 0.4) is 0 Å². The van der Waals surface area contributed by atoms with E-state index in [1.54, 1.807) is 68.6 Å². The Morgan fingerprint density at radius 2 is 1.75 bits per heavy atom. The Morgan fingerprint density at radius 1 is 1.02 bits per heavy atom. The van der Waals surface area contributed by atoms with Crippen LogP contribution in [0, 0.1) is 11.3 Å². The zero-order valence-corrected chi connectivity index (χ0v) is 23.2. The van der Waals surface area contributed by atoms with Crippen molar-refractivity contribution in [1.82, 2.24) is 5.32 Å². The van der Waals surface area contributed by atoms with Gasteiger partial charge in [-0.3, -0.25) is 9.59 Å². The number of hydrogen-bond donors (Lipinski definition) is 3. The zero-order chi connectivity index (χ0) is 28.6. The van der Waals surface area contributed by atoms with Crippen molar-refractivity contribution >= 4 is 35.0 Å². The third kappa shape index (κ3) is 6.24. The molecule has 206 valence electrons. The zero-order valence-electron chi connectivity index (χ0n) is 22.4. The van der Waals surface area contributed by atoms with Gasteiger partial charge in [-0.2, -0.15) is 5.26 Å². The van der Waals surface area contributed by atoms with E-state index >= 15 is 0 Å². The fraction of sp³-hybridized carbons (Fsp3) is 0.207. The second-order valence-corrected chi connectivity index (χ2v) is 9.54. The Balaban J connectivity index is 1.58. The van der Waals surface area contributed by atoms with Crippen molar-refractivity contribution in [2.45, 2.75) is 12.8 Å². The molecule has 1 atom stereocenters. The van der Waals surface area contributed by atoms with E-state index in [-0.39, 0.29) is 17.2 Å². The van der Waals surface area contributed by atoms with Gasteiger partial charge in [0.05, 0.1) is 67.2 Å². The van der Waals surface area contributed by atoms with Gasteiger partial charge in [-0.05, 0) is 55.5 Å². The number of allylic oxidation sites excluding steroid dienone is 2. The monoisotopic (exact) mass is 560 g/mol. The van der Waals surface area contributed by atoms with Crippen LogP contribution in [-0.4, -0.2) is 38.9 Å². The number of carbonyl (C=O) groups is 2. The summed E-state index contributed by atoms with van der Waals surface area (Å²) in [7, 11) is 4.60. The highest BCUT2D eigenvalue weighted by atomic mass is 32.2. The summed E-state index contributed by atoms with van der Waals surface area (Å²) in [5.41, 5.74) is 2.09. The predicted octanol–water partition coefficient (Wildman–Crippen LogP) is 5.01. The van der Waals surface area contributed by atoms with Crippen LogP contribution in [0.4, 0.5) is 11.4 Å². The molecule has 11 heteroatoms. The Bertz CT molecular complexity index is 1490. The number of nitrogens with one attached hydrogen (secondary N) is 3. The molecule has 0 bridgehead atoms. The topological polar surface area (TPSA) is 135 Å². The van der Waals surface area contributed by atoms with E-state index in [2.05, 4.69) is 22.0 Å². The third-order valence-electron chi connectivity index (χ3n) is 6.10. The van der Waals surface area contributed by atoms with Crippen molar-refractivity contribution in [3.8, 4) is 23.3 Å². The van der Waals surface area contributed by atoms with E-state index < -0.39 is 11.8 Å². The molecule has 10 nitrogen and oxygen atoms in total. The highest BCUT2D eigenvalue weighted by Gasteiger charge is 2.36. The molecule has 2 amide bonds. The van der Waals surface area contributed by atoms with E-state index in [1.165, 1.54) is 20.5 Å². The molecule has 1 aliphatic heterocycles. The van der Waals surface area contributed by atoms with Gasteiger partial charge in [0.2, 0.25) is 5.91 Å². The summed E-state index contributed by atoms with van der Waals surface area (Å²) in [6.45, 7) is 1.74.